The summed E-state index contributed by atoms with van der Waals surface area (Å²) in [6, 6.07) is 0.572. The maximum absolute atomic E-state index is 4.38. The summed E-state index contributed by atoms with van der Waals surface area (Å²) in [5, 5.41) is 7.02. The molecule has 2 heterocycles. The van der Waals surface area contributed by atoms with Crippen molar-refractivity contribution in [3.63, 3.8) is 0 Å². The molecule has 2 rings (SSSR count). The third-order valence-electron chi connectivity index (χ3n) is 5.16. The smallest absolute Gasteiger partial charge is 0.191 e. The Morgan fingerprint density at radius 1 is 1.35 bits per heavy atom. The standard InChI is InChI=1S/C17H34N4S.HI/c1-14-6-9-21(10-7-14)15(2)12-19-16(18-4)20-13-17(3)8-5-11-22-17;/h14-15H,5-13H2,1-4H3,(H2,18,19,20);1H. The van der Waals surface area contributed by atoms with E-state index in [2.05, 4.69) is 53.1 Å². The zero-order valence-electron chi connectivity index (χ0n) is 15.2. The van der Waals surface area contributed by atoms with Gasteiger partial charge in [-0.2, -0.15) is 11.8 Å². The lowest BCUT2D eigenvalue weighted by Gasteiger charge is -2.35. The van der Waals surface area contributed by atoms with Crippen LogP contribution in [0, 0.1) is 5.92 Å². The van der Waals surface area contributed by atoms with Crippen molar-refractivity contribution < 1.29 is 0 Å². The van der Waals surface area contributed by atoms with E-state index in [4.69, 9.17) is 0 Å². The molecule has 2 unspecified atom stereocenters. The summed E-state index contributed by atoms with van der Waals surface area (Å²) >= 11 is 2.09. The number of piperidine rings is 1. The molecule has 0 saturated carbocycles. The van der Waals surface area contributed by atoms with Gasteiger partial charge in [-0.1, -0.05) is 6.92 Å². The molecule has 0 bridgehead atoms. The summed E-state index contributed by atoms with van der Waals surface area (Å²) in [7, 11) is 1.87. The first-order chi connectivity index (χ1) is 10.5. The van der Waals surface area contributed by atoms with Crippen LogP contribution in [0.15, 0.2) is 4.99 Å². The van der Waals surface area contributed by atoms with Crippen molar-refractivity contribution in [3.05, 3.63) is 0 Å². The molecule has 0 aromatic heterocycles. The molecule has 0 aliphatic carbocycles. The fourth-order valence-corrected chi connectivity index (χ4v) is 4.55. The van der Waals surface area contributed by atoms with Crippen LogP contribution in [0.1, 0.15) is 46.5 Å². The number of likely N-dealkylation sites (tertiary alicyclic amines) is 1. The van der Waals surface area contributed by atoms with Gasteiger partial charge in [-0.05, 0) is 64.3 Å². The summed E-state index contributed by atoms with van der Waals surface area (Å²) in [6.45, 7) is 11.5. The predicted octanol–water partition coefficient (Wildman–Crippen LogP) is 3.18. The predicted molar refractivity (Wildman–Crippen MR) is 114 cm³/mol. The van der Waals surface area contributed by atoms with Crippen LogP contribution < -0.4 is 10.6 Å². The summed E-state index contributed by atoms with van der Waals surface area (Å²) in [4.78, 5) is 6.98. The Morgan fingerprint density at radius 3 is 2.61 bits per heavy atom. The van der Waals surface area contributed by atoms with Gasteiger partial charge in [0.1, 0.15) is 0 Å². The fourth-order valence-electron chi connectivity index (χ4n) is 3.31. The number of guanidine groups is 1. The topological polar surface area (TPSA) is 39.7 Å². The van der Waals surface area contributed by atoms with Gasteiger partial charge >= 0.3 is 0 Å². The highest BCUT2D eigenvalue weighted by atomic mass is 127. The summed E-state index contributed by atoms with van der Waals surface area (Å²) < 4.78 is 0.381. The molecule has 2 atom stereocenters. The molecule has 2 fully saturated rings. The average Bonchev–Trinajstić information content (AvgIpc) is 2.95. The van der Waals surface area contributed by atoms with Crippen LogP contribution in [0.4, 0.5) is 0 Å². The van der Waals surface area contributed by atoms with Crippen LogP contribution >= 0.6 is 35.7 Å². The highest BCUT2D eigenvalue weighted by molar-refractivity contribution is 14.0. The molecule has 23 heavy (non-hydrogen) atoms. The highest BCUT2D eigenvalue weighted by Crippen LogP contribution is 2.36. The van der Waals surface area contributed by atoms with Crippen molar-refractivity contribution in [3.8, 4) is 0 Å². The molecule has 0 amide bonds. The largest absolute Gasteiger partial charge is 0.355 e. The van der Waals surface area contributed by atoms with Crippen LogP contribution in [-0.4, -0.2) is 60.6 Å². The van der Waals surface area contributed by atoms with Crippen molar-refractivity contribution in [2.45, 2.75) is 57.2 Å². The number of halogens is 1. The number of nitrogens with zero attached hydrogens (tertiary/aromatic N) is 2. The van der Waals surface area contributed by atoms with Crippen LogP contribution in [0.3, 0.4) is 0 Å². The van der Waals surface area contributed by atoms with E-state index in [1.807, 2.05) is 7.05 Å². The molecular weight excluding hydrogens is 419 g/mol. The monoisotopic (exact) mass is 454 g/mol. The van der Waals surface area contributed by atoms with Gasteiger partial charge < -0.3 is 10.6 Å². The Balaban J connectivity index is 0.00000264. The van der Waals surface area contributed by atoms with Crippen molar-refractivity contribution in [2.75, 3.05) is 39.0 Å². The van der Waals surface area contributed by atoms with E-state index in [1.54, 1.807) is 0 Å². The van der Waals surface area contributed by atoms with E-state index in [0.29, 0.717) is 10.8 Å². The van der Waals surface area contributed by atoms with Gasteiger partial charge in [0.2, 0.25) is 0 Å². The van der Waals surface area contributed by atoms with Crippen molar-refractivity contribution >= 4 is 41.7 Å². The molecule has 2 aliphatic rings. The second-order valence-electron chi connectivity index (χ2n) is 7.28. The van der Waals surface area contributed by atoms with E-state index in [1.165, 1.54) is 44.5 Å². The Kier molecular flexibility index (Phi) is 9.59. The van der Waals surface area contributed by atoms with Gasteiger partial charge in [0.05, 0.1) is 0 Å². The maximum Gasteiger partial charge on any atom is 0.191 e. The van der Waals surface area contributed by atoms with Gasteiger partial charge in [-0.25, -0.2) is 0 Å². The number of hydrogen-bond donors (Lipinski definition) is 2. The number of hydrogen-bond acceptors (Lipinski definition) is 3. The van der Waals surface area contributed by atoms with Crippen LogP contribution in [0.2, 0.25) is 0 Å². The highest BCUT2D eigenvalue weighted by Gasteiger charge is 2.29. The molecule has 4 nitrogen and oxygen atoms in total. The maximum atomic E-state index is 4.38. The Morgan fingerprint density at radius 2 is 2.04 bits per heavy atom. The van der Waals surface area contributed by atoms with Gasteiger partial charge in [0.15, 0.2) is 5.96 Å². The van der Waals surface area contributed by atoms with Crippen molar-refractivity contribution in [1.82, 2.24) is 15.5 Å². The third-order valence-corrected chi connectivity index (χ3v) is 6.70. The quantitative estimate of drug-likeness (QED) is 0.380. The molecule has 0 radical (unpaired) electrons. The second-order valence-corrected chi connectivity index (χ2v) is 8.96. The second kappa shape index (κ2) is 10.3. The summed E-state index contributed by atoms with van der Waals surface area (Å²) in [5.41, 5.74) is 0. The van der Waals surface area contributed by atoms with Gasteiger partial charge in [0, 0.05) is 30.9 Å². The lowest BCUT2D eigenvalue weighted by atomic mass is 9.98. The van der Waals surface area contributed by atoms with E-state index in [9.17, 15) is 0 Å². The summed E-state index contributed by atoms with van der Waals surface area (Å²) in [6.07, 6.45) is 5.34. The first-order valence-electron chi connectivity index (χ1n) is 8.85. The summed E-state index contributed by atoms with van der Waals surface area (Å²) in [5.74, 6) is 3.15. The van der Waals surface area contributed by atoms with Gasteiger partial charge in [0.25, 0.3) is 0 Å². The zero-order chi connectivity index (χ0) is 16.0. The number of thioether (sulfide) groups is 1. The normalized spacial score (nSPS) is 28.3. The van der Waals surface area contributed by atoms with Gasteiger partial charge in [-0.3, -0.25) is 9.89 Å². The van der Waals surface area contributed by atoms with Crippen LogP contribution in [-0.2, 0) is 0 Å². The Hall–Kier alpha value is 0.310. The van der Waals surface area contributed by atoms with Crippen LogP contribution in [0.5, 0.6) is 0 Å². The molecule has 0 spiro atoms. The number of rotatable bonds is 5. The average molecular weight is 454 g/mol. The third kappa shape index (κ3) is 6.98. The molecule has 2 aliphatic heterocycles. The molecule has 0 aromatic carbocycles. The molecule has 2 N–H and O–H groups in total. The fraction of sp³-hybridized carbons (Fsp3) is 0.941. The zero-order valence-corrected chi connectivity index (χ0v) is 18.4. The molecule has 0 aromatic rings. The van der Waals surface area contributed by atoms with Crippen LogP contribution in [0.25, 0.3) is 0 Å². The minimum Gasteiger partial charge on any atom is -0.355 e. The van der Waals surface area contributed by atoms with E-state index < -0.39 is 0 Å². The van der Waals surface area contributed by atoms with E-state index in [-0.39, 0.29) is 24.0 Å². The minimum absolute atomic E-state index is 0. The minimum atomic E-state index is 0. The van der Waals surface area contributed by atoms with E-state index >= 15 is 0 Å². The van der Waals surface area contributed by atoms with Crippen molar-refractivity contribution in [2.24, 2.45) is 10.9 Å². The lowest BCUT2D eigenvalue weighted by molar-refractivity contribution is 0.147. The lowest BCUT2D eigenvalue weighted by Crippen LogP contribution is -2.49. The van der Waals surface area contributed by atoms with Crippen molar-refractivity contribution in [1.29, 1.82) is 0 Å². The number of nitrogens with one attached hydrogen (secondary N) is 2. The Bertz CT molecular complexity index is 364. The van der Waals surface area contributed by atoms with Gasteiger partial charge in [-0.15, -0.1) is 24.0 Å². The van der Waals surface area contributed by atoms with E-state index in [0.717, 1.165) is 25.0 Å². The molecule has 6 heteroatoms. The molecular formula is C17H35IN4S. The molecule has 2 saturated heterocycles. The molecule has 136 valence electrons. The SMILES string of the molecule is CN=C(NCC(C)N1CCC(C)CC1)NCC1(C)CCCS1.I. The first-order valence-corrected chi connectivity index (χ1v) is 9.83. The Labute approximate surface area is 164 Å². The number of aliphatic imine (C=N–C) groups is 1. The first kappa shape index (κ1) is 21.4.